The number of tetrazole rings is 1. The number of carbonyl (C=O) groups excluding carboxylic acids is 1. The van der Waals surface area contributed by atoms with E-state index in [1.54, 1.807) is 0 Å². The molecule has 0 bridgehead atoms. The monoisotopic (exact) mass is 206 g/mol. The first-order chi connectivity index (χ1) is 7.05. The summed E-state index contributed by atoms with van der Waals surface area (Å²) < 4.78 is 0. The van der Waals surface area contributed by atoms with E-state index in [1.807, 2.05) is 0 Å². The lowest BCUT2D eigenvalue weighted by molar-refractivity contribution is -0.120. The van der Waals surface area contributed by atoms with Crippen LogP contribution in [0, 0.1) is 5.41 Å². The molecule has 0 unspecified atom stereocenters. The van der Waals surface area contributed by atoms with E-state index in [4.69, 9.17) is 0 Å². The lowest BCUT2D eigenvalue weighted by Crippen LogP contribution is -2.28. The molecule has 0 N–H and O–H groups in total. The maximum Gasteiger partial charge on any atom is 0.138 e. The number of hydrogen-bond donors (Lipinski definition) is 0. The van der Waals surface area contributed by atoms with Crippen LogP contribution >= 0.6 is 0 Å². The number of Topliss-reactive ketones (excluding diaryl/α,β-unsaturated/α-hetero) is 1. The molecule has 0 amide bonds. The minimum Gasteiger partial charge on any atom is -0.328 e. The normalized spacial score (nSPS) is 23.3. The molecule has 6 nitrogen and oxygen atoms in total. The summed E-state index contributed by atoms with van der Waals surface area (Å²) in [4.78, 5) is 15.6. The SMILES string of the molecule is CC1(C)CC(=O)CC(=Nc2nnn[n-]2)C1. The van der Waals surface area contributed by atoms with E-state index in [2.05, 4.69) is 39.5 Å². The van der Waals surface area contributed by atoms with Crippen LogP contribution in [0.1, 0.15) is 33.1 Å². The number of ketones is 1. The van der Waals surface area contributed by atoms with Crippen molar-refractivity contribution in [1.82, 2.24) is 20.6 Å². The molecule has 1 aliphatic carbocycles. The molecule has 1 saturated carbocycles. The summed E-state index contributed by atoms with van der Waals surface area (Å²) >= 11 is 0. The fraction of sp³-hybridized carbons (Fsp3) is 0.667. The zero-order valence-corrected chi connectivity index (χ0v) is 8.77. The molecule has 80 valence electrons. The first-order valence-corrected chi connectivity index (χ1v) is 4.82. The van der Waals surface area contributed by atoms with Crippen molar-refractivity contribution < 1.29 is 4.79 Å². The highest BCUT2D eigenvalue weighted by atomic mass is 16.1. The Morgan fingerprint density at radius 2 is 2.20 bits per heavy atom. The zero-order chi connectivity index (χ0) is 10.9. The van der Waals surface area contributed by atoms with Crippen LogP contribution in [0.15, 0.2) is 4.99 Å². The minimum absolute atomic E-state index is 0.0123. The van der Waals surface area contributed by atoms with E-state index in [0.717, 1.165) is 12.1 Å². The van der Waals surface area contributed by atoms with Gasteiger partial charge in [-0.2, -0.15) is 5.21 Å². The molecule has 1 aromatic rings. The molecule has 1 heterocycles. The highest BCUT2D eigenvalue weighted by molar-refractivity contribution is 6.05. The van der Waals surface area contributed by atoms with Gasteiger partial charge in [-0.25, -0.2) is 5.10 Å². The quantitative estimate of drug-likeness (QED) is 0.674. The predicted octanol–water partition coefficient (Wildman–Crippen LogP) is 0.680. The van der Waals surface area contributed by atoms with Crippen molar-refractivity contribution in [3.05, 3.63) is 0 Å². The van der Waals surface area contributed by atoms with Gasteiger partial charge in [0.15, 0.2) is 0 Å². The molecular weight excluding hydrogens is 194 g/mol. The van der Waals surface area contributed by atoms with Crippen LogP contribution in [-0.4, -0.2) is 27.0 Å². The van der Waals surface area contributed by atoms with Crippen molar-refractivity contribution in [1.29, 1.82) is 0 Å². The number of hydrogen-bond acceptors (Lipinski definition) is 5. The van der Waals surface area contributed by atoms with Gasteiger partial charge in [-0.1, -0.05) is 13.8 Å². The molecule has 0 aromatic carbocycles. The average molecular weight is 206 g/mol. The molecule has 1 aliphatic rings. The predicted molar refractivity (Wildman–Crippen MR) is 52.9 cm³/mol. The smallest absolute Gasteiger partial charge is 0.138 e. The maximum atomic E-state index is 11.5. The van der Waals surface area contributed by atoms with Gasteiger partial charge in [-0.15, -0.1) is 5.21 Å². The summed E-state index contributed by atoms with van der Waals surface area (Å²) in [7, 11) is 0. The van der Waals surface area contributed by atoms with Gasteiger partial charge in [-0.05, 0) is 17.5 Å². The fourth-order valence-corrected chi connectivity index (χ4v) is 1.91. The largest absolute Gasteiger partial charge is 0.328 e. The Balaban J connectivity index is 2.20. The molecule has 0 saturated heterocycles. The lowest BCUT2D eigenvalue weighted by atomic mass is 9.76. The van der Waals surface area contributed by atoms with Gasteiger partial charge in [0, 0.05) is 12.8 Å². The van der Waals surface area contributed by atoms with E-state index in [1.165, 1.54) is 0 Å². The van der Waals surface area contributed by atoms with Gasteiger partial charge >= 0.3 is 0 Å². The van der Waals surface area contributed by atoms with Crippen molar-refractivity contribution >= 4 is 17.4 Å². The van der Waals surface area contributed by atoms with Crippen LogP contribution in [-0.2, 0) is 4.79 Å². The zero-order valence-electron chi connectivity index (χ0n) is 8.77. The van der Waals surface area contributed by atoms with Gasteiger partial charge in [0.2, 0.25) is 0 Å². The van der Waals surface area contributed by atoms with Gasteiger partial charge in [0.25, 0.3) is 0 Å². The summed E-state index contributed by atoms with van der Waals surface area (Å²) in [5, 5.41) is 13.9. The molecule has 1 aromatic heterocycles. The van der Waals surface area contributed by atoms with E-state index in [9.17, 15) is 4.79 Å². The maximum absolute atomic E-state index is 11.5. The molecule has 15 heavy (non-hydrogen) atoms. The number of carbonyl (C=O) groups is 1. The van der Waals surface area contributed by atoms with E-state index < -0.39 is 0 Å². The Labute approximate surface area is 87.2 Å². The Morgan fingerprint density at radius 1 is 1.40 bits per heavy atom. The molecule has 0 radical (unpaired) electrons. The summed E-state index contributed by atoms with van der Waals surface area (Å²) in [6.45, 7) is 4.11. The molecule has 1 fully saturated rings. The number of rotatable bonds is 1. The number of nitrogens with zero attached hydrogens (tertiary/aromatic N) is 5. The molecule has 2 rings (SSSR count). The molecule has 6 heteroatoms. The van der Waals surface area contributed by atoms with Crippen LogP contribution < -0.4 is 5.10 Å². The second kappa shape index (κ2) is 3.52. The average Bonchev–Trinajstić information content (AvgIpc) is 2.52. The first kappa shape index (κ1) is 9.95. The minimum atomic E-state index is -0.0123. The Morgan fingerprint density at radius 3 is 2.80 bits per heavy atom. The summed E-state index contributed by atoms with van der Waals surface area (Å²) in [5.74, 6) is 0.466. The van der Waals surface area contributed by atoms with Crippen molar-refractivity contribution in [3.63, 3.8) is 0 Å². The van der Waals surface area contributed by atoms with Crippen LogP contribution in [0.5, 0.6) is 0 Å². The van der Waals surface area contributed by atoms with E-state index in [-0.39, 0.29) is 17.1 Å². The van der Waals surface area contributed by atoms with E-state index >= 15 is 0 Å². The van der Waals surface area contributed by atoms with Crippen molar-refractivity contribution in [2.45, 2.75) is 33.1 Å². The second-order valence-electron chi connectivity index (χ2n) is 4.59. The second-order valence-corrected chi connectivity index (χ2v) is 4.59. The summed E-state index contributed by atoms with van der Waals surface area (Å²) in [5.41, 5.74) is 0.813. The molecule has 0 aliphatic heterocycles. The molecule has 0 atom stereocenters. The first-order valence-electron chi connectivity index (χ1n) is 4.82. The third-order valence-electron chi connectivity index (χ3n) is 2.33. The number of aliphatic imine (C=N–C) groups is 1. The van der Waals surface area contributed by atoms with Gasteiger partial charge < -0.3 is 4.99 Å². The van der Waals surface area contributed by atoms with Crippen LogP contribution in [0.4, 0.5) is 5.95 Å². The van der Waals surface area contributed by atoms with Crippen LogP contribution in [0.25, 0.3) is 0 Å². The van der Waals surface area contributed by atoms with Crippen molar-refractivity contribution in [3.8, 4) is 0 Å². The Bertz CT molecular complexity index is 393. The van der Waals surface area contributed by atoms with Crippen molar-refractivity contribution in [2.24, 2.45) is 10.4 Å². The van der Waals surface area contributed by atoms with Crippen molar-refractivity contribution in [2.75, 3.05) is 0 Å². The van der Waals surface area contributed by atoms with E-state index in [0.29, 0.717) is 12.8 Å². The van der Waals surface area contributed by atoms with Gasteiger partial charge in [-0.3, -0.25) is 9.89 Å². The fourth-order valence-electron chi connectivity index (χ4n) is 1.91. The summed E-state index contributed by atoms with van der Waals surface area (Å²) in [6.07, 6.45) is 1.82. The lowest BCUT2D eigenvalue weighted by Gasteiger charge is -2.30. The third kappa shape index (κ3) is 2.45. The van der Waals surface area contributed by atoms with Gasteiger partial charge in [0.1, 0.15) is 11.7 Å². The Hall–Kier alpha value is -1.59. The Kier molecular flexibility index (Phi) is 2.34. The highest BCUT2D eigenvalue weighted by Crippen LogP contribution is 2.32. The highest BCUT2D eigenvalue weighted by Gasteiger charge is 2.29. The third-order valence-corrected chi connectivity index (χ3v) is 2.33. The number of aromatic nitrogens is 4. The topological polar surface area (TPSA) is 82.2 Å². The summed E-state index contributed by atoms with van der Waals surface area (Å²) in [6, 6.07) is 0. The molecular formula is C9H12N5O-. The standard InChI is InChI=1S/C9H12N5O/c1-9(2)4-6(3-7(15)5-9)10-8-11-13-14-12-8/h3-5H2,1-2H3/q-1. The molecule has 0 spiro atoms. The van der Waals surface area contributed by atoms with Crippen LogP contribution in [0.3, 0.4) is 0 Å². The van der Waals surface area contributed by atoms with Gasteiger partial charge in [0.05, 0.1) is 0 Å². The van der Waals surface area contributed by atoms with Crippen LogP contribution in [0.2, 0.25) is 0 Å².